The summed E-state index contributed by atoms with van der Waals surface area (Å²) in [4.78, 5) is 18.0. The van der Waals surface area contributed by atoms with Gasteiger partial charge in [0.05, 0.1) is 5.69 Å². The van der Waals surface area contributed by atoms with Crippen LogP contribution in [0.15, 0.2) is 35.1 Å². The summed E-state index contributed by atoms with van der Waals surface area (Å²) in [7, 11) is 0. The van der Waals surface area contributed by atoms with Gasteiger partial charge in [-0.05, 0) is 36.2 Å². The normalized spacial score (nSPS) is 10.8. The Kier molecular flexibility index (Phi) is 3.04. The summed E-state index contributed by atoms with van der Waals surface area (Å²) < 4.78 is 12.8. The van der Waals surface area contributed by atoms with Crippen LogP contribution in [0.2, 0.25) is 0 Å². The fraction of sp³-hybridized carbons (Fsp3) is 0.231. The third-order valence-corrected chi connectivity index (χ3v) is 2.53. The zero-order valence-electron chi connectivity index (χ0n) is 9.70. The molecule has 0 bridgehead atoms. The van der Waals surface area contributed by atoms with E-state index in [1.807, 2.05) is 19.9 Å². The highest BCUT2D eigenvalue weighted by Crippen LogP contribution is 2.19. The maximum absolute atomic E-state index is 12.8. The van der Waals surface area contributed by atoms with Crippen molar-refractivity contribution in [2.75, 3.05) is 0 Å². The Morgan fingerprint density at radius 1 is 1.24 bits per heavy atom. The molecule has 0 amide bonds. The molecule has 1 heterocycles. The van der Waals surface area contributed by atoms with Gasteiger partial charge in [0, 0.05) is 11.3 Å². The molecule has 2 aromatic rings. The second-order valence-electron chi connectivity index (χ2n) is 4.19. The van der Waals surface area contributed by atoms with Crippen molar-refractivity contribution >= 4 is 0 Å². The highest BCUT2D eigenvalue weighted by Gasteiger charge is 2.06. The fourth-order valence-corrected chi connectivity index (χ4v) is 1.56. The fourth-order valence-electron chi connectivity index (χ4n) is 1.56. The van der Waals surface area contributed by atoms with E-state index in [0.717, 1.165) is 11.3 Å². The molecule has 3 nitrogen and oxygen atoms in total. The van der Waals surface area contributed by atoms with Crippen molar-refractivity contribution in [3.8, 4) is 11.3 Å². The van der Waals surface area contributed by atoms with Gasteiger partial charge in [-0.25, -0.2) is 9.18 Å². The number of nitrogens with zero attached hydrogens (tertiary/aromatic N) is 1. The highest BCUT2D eigenvalue weighted by molar-refractivity contribution is 5.58. The summed E-state index contributed by atoms with van der Waals surface area (Å²) in [6.07, 6.45) is 0. The van der Waals surface area contributed by atoms with Gasteiger partial charge in [-0.3, -0.25) is 0 Å². The van der Waals surface area contributed by atoms with Crippen LogP contribution in [0.5, 0.6) is 0 Å². The molecule has 0 radical (unpaired) electrons. The first-order chi connectivity index (χ1) is 8.06. The predicted molar refractivity (Wildman–Crippen MR) is 64.3 cm³/mol. The topological polar surface area (TPSA) is 45.8 Å². The molecule has 1 aromatic heterocycles. The Labute approximate surface area is 98.3 Å². The molecule has 17 heavy (non-hydrogen) atoms. The average Bonchev–Trinajstić information content (AvgIpc) is 2.29. The summed E-state index contributed by atoms with van der Waals surface area (Å²) in [6, 6.07) is 7.75. The summed E-state index contributed by atoms with van der Waals surface area (Å²) in [5, 5.41) is 0. The number of aromatic nitrogens is 2. The minimum atomic E-state index is -0.379. The second kappa shape index (κ2) is 4.49. The Morgan fingerprint density at radius 2 is 1.88 bits per heavy atom. The van der Waals surface area contributed by atoms with Crippen molar-refractivity contribution < 1.29 is 4.39 Å². The van der Waals surface area contributed by atoms with Crippen molar-refractivity contribution in [1.82, 2.24) is 9.97 Å². The number of nitrogens with one attached hydrogen (secondary N) is 1. The SMILES string of the molecule is CC(C)c1cc(-c2ccc(F)cc2)nc(=O)[nH]1. The predicted octanol–water partition coefficient (Wildman–Crippen LogP) is 2.70. The van der Waals surface area contributed by atoms with Crippen LogP contribution in [-0.2, 0) is 0 Å². The van der Waals surface area contributed by atoms with Crippen LogP contribution in [0.3, 0.4) is 0 Å². The lowest BCUT2D eigenvalue weighted by Crippen LogP contribution is -2.14. The average molecular weight is 232 g/mol. The van der Waals surface area contributed by atoms with E-state index in [4.69, 9.17) is 0 Å². The van der Waals surface area contributed by atoms with Gasteiger partial charge in [0.25, 0.3) is 0 Å². The van der Waals surface area contributed by atoms with Crippen molar-refractivity contribution in [1.29, 1.82) is 0 Å². The Hall–Kier alpha value is -1.97. The van der Waals surface area contributed by atoms with Gasteiger partial charge in [0.15, 0.2) is 0 Å². The largest absolute Gasteiger partial charge is 0.345 e. The van der Waals surface area contributed by atoms with Gasteiger partial charge in [0.1, 0.15) is 5.82 Å². The molecule has 0 aliphatic carbocycles. The van der Waals surface area contributed by atoms with Crippen LogP contribution in [-0.4, -0.2) is 9.97 Å². The number of benzene rings is 1. The van der Waals surface area contributed by atoms with Crippen molar-refractivity contribution in [2.24, 2.45) is 0 Å². The maximum atomic E-state index is 12.8. The minimum Gasteiger partial charge on any atom is -0.310 e. The van der Waals surface area contributed by atoms with Gasteiger partial charge >= 0.3 is 5.69 Å². The zero-order valence-corrected chi connectivity index (χ0v) is 9.70. The molecule has 4 heteroatoms. The molecular weight excluding hydrogens is 219 g/mol. The number of rotatable bonds is 2. The van der Waals surface area contributed by atoms with Gasteiger partial charge in [-0.15, -0.1) is 0 Å². The monoisotopic (exact) mass is 232 g/mol. The zero-order chi connectivity index (χ0) is 12.4. The van der Waals surface area contributed by atoms with E-state index in [9.17, 15) is 9.18 Å². The number of hydrogen-bond donors (Lipinski definition) is 1. The lowest BCUT2D eigenvalue weighted by molar-refractivity contribution is 0.628. The van der Waals surface area contributed by atoms with Crippen LogP contribution in [0.25, 0.3) is 11.3 Å². The van der Waals surface area contributed by atoms with Gasteiger partial charge in [-0.2, -0.15) is 4.98 Å². The molecular formula is C13H13FN2O. The standard InChI is InChI=1S/C13H13FN2O/c1-8(2)11-7-12(16-13(17)15-11)9-3-5-10(14)6-4-9/h3-8H,1-2H3,(H,15,16,17). The quantitative estimate of drug-likeness (QED) is 0.865. The van der Waals surface area contributed by atoms with E-state index in [2.05, 4.69) is 9.97 Å². The summed E-state index contributed by atoms with van der Waals surface area (Å²) >= 11 is 0. The molecule has 1 aromatic carbocycles. The molecule has 0 aliphatic rings. The smallest absolute Gasteiger partial charge is 0.310 e. The van der Waals surface area contributed by atoms with Crippen LogP contribution < -0.4 is 5.69 Å². The molecule has 0 atom stereocenters. The number of aromatic amines is 1. The Balaban J connectivity index is 2.52. The maximum Gasteiger partial charge on any atom is 0.345 e. The van der Waals surface area contributed by atoms with Crippen LogP contribution in [0.4, 0.5) is 4.39 Å². The van der Waals surface area contributed by atoms with Gasteiger partial charge in [0.2, 0.25) is 0 Å². The third-order valence-electron chi connectivity index (χ3n) is 2.53. The second-order valence-corrected chi connectivity index (χ2v) is 4.19. The Bertz CT molecular complexity index is 573. The lowest BCUT2D eigenvalue weighted by Gasteiger charge is -2.07. The molecule has 0 unspecified atom stereocenters. The molecule has 1 N–H and O–H groups in total. The first kappa shape index (κ1) is 11.5. The number of hydrogen-bond acceptors (Lipinski definition) is 2. The van der Waals surface area contributed by atoms with Crippen molar-refractivity contribution in [3.63, 3.8) is 0 Å². The third kappa shape index (κ3) is 2.58. The van der Waals surface area contributed by atoms with E-state index < -0.39 is 0 Å². The minimum absolute atomic E-state index is 0.213. The molecule has 2 rings (SSSR count). The molecule has 88 valence electrons. The van der Waals surface area contributed by atoms with Crippen LogP contribution >= 0.6 is 0 Å². The van der Waals surface area contributed by atoms with E-state index >= 15 is 0 Å². The first-order valence-electron chi connectivity index (χ1n) is 5.43. The number of halogens is 1. The first-order valence-corrected chi connectivity index (χ1v) is 5.43. The summed E-state index contributed by atoms with van der Waals surface area (Å²) in [6.45, 7) is 3.97. The van der Waals surface area contributed by atoms with E-state index in [0.29, 0.717) is 5.69 Å². The van der Waals surface area contributed by atoms with E-state index in [1.165, 1.54) is 12.1 Å². The molecule has 0 saturated carbocycles. The van der Waals surface area contributed by atoms with Crippen LogP contribution in [0, 0.1) is 5.82 Å². The summed E-state index contributed by atoms with van der Waals surface area (Å²) in [5.41, 5.74) is 1.75. The van der Waals surface area contributed by atoms with Crippen molar-refractivity contribution in [2.45, 2.75) is 19.8 Å². The lowest BCUT2D eigenvalue weighted by atomic mass is 10.1. The highest BCUT2D eigenvalue weighted by atomic mass is 19.1. The van der Waals surface area contributed by atoms with Crippen molar-refractivity contribution in [3.05, 3.63) is 52.3 Å². The molecule has 0 spiro atoms. The number of H-pyrrole nitrogens is 1. The van der Waals surface area contributed by atoms with E-state index in [1.54, 1.807) is 12.1 Å². The van der Waals surface area contributed by atoms with Gasteiger partial charge in [-0.1, -0.05) is 13.8 Å². The summed E-state index contributed by atoms with van der Waals surface area (Å²) in [5.74, 6) is -0.0902. The van der Waals surface area contributed by atoms with Crippen LogP contribution in [0.1, 0.15) is 25.5 Å². The molecule has 0 aliphatic heterocycles. The van der Waals surface area contributed by atoms with Gasteiger partial charge < -0.3 is 4.98 Å². The van der Waals surface area contributed by atoms with E-state index in [-0.39, 0.29) is 17.4 Å². The molecule has 0 fully saturated rings. The molecule has 0 saturated heterocycles. The Morgan fingerprint density at radius 3 is 2.47 bits per heavy atom.